The van der Waals surface area contributed by atoms with Gasteiger partial charge in [-0.05, 0) is 75.0 Å². The molecule has 0 bridgehead atoms. The van der Waals surface area contributed by atoms with Crippen LogP contribution in [0.1, 0.15) is 28.2 Å². The molecule has 3 aromatic rings. The summed E-state index contributed by atoms with van der Waals surface area (Å²) in [6.45, 7) is 5.92. The molecule has 1 amide bonds. The van der Waals surface area contributed by atoms with E-state index in [9.17, 15) is 4.79 Å². The molecule has 0 atom stereocenters. The number of halogens is 1. The van der Waals surface area contributed by atoms with Crippen LogP contribution in [0.4, 0.5) is 10.5 Å². The van der Waals surface area contributed by atoms with Gasteiger partial charge in [-0.2, -0.15) is 0 Å². The standard InChI is InChI=1S/C27H28IN3O2/c1-18-25(28)14-19(16-29)15-26(18)30-10-12-31(13-11-30)27(32)33-17-24-22-8-4-2-6-20(22)21-7-3-5-9-23(21)24/h2-9,14-15,24H,10-13,16-17,29H2,1H3. The molecule has 0 radical (unpaired) electrons. The van der Waals surface area contributed by atoms with Crippen LogP contribution in [0.3, 0.4) is 0 Å². The van der Waals surface area contributed by atoms with Crippen molar-refractivity contribution in [3.05, 3.63) is 86.5 Å². The molecule has 0 saturated carbocycles. The first kappa shape index (κ1) is 22.2. The summed E-state index contributed by atoms with van der Waals surface area (Å²) in [6.07, 6.45) is -0.224. The fourth-order valence-electron chi connectivity index (χ4n) is 4.98. The highest BCUT2D eigenvalue weighted by Crippen LogP contribution is 2.44. The van der Waals surface area contributed by atoms with Gasteiger partial charge in [-0.25, -0.2) is 4.79 Å². The Hall–Kier alpha value is -2.58. The number of hydrogen-bond donors (Lipinski definition) is 1. The number of carbonyl (C=O) groups excluding carboxylic acids is 1. The van der Waals surface area contributed by atoms with Gasteiger partial charge in [0.05, 0.1) is 0 Å². The second kappa shape index (κ2) is 9.35. The molecule has 0 aromatic heterocycles. The van der Waals surface area contributed by atoms with Gasteiger partial charge in [0.2, 0.25) is 0 Å². The van der Waals surface area contributed by atoms with E-state index >= 15 is 0 Å². The number of anilines is 1. The lowest BCUT2D eigenvalue weighted by molar-refractivity contribution is 0.0977. The number of hydrogen-bond acceptors (Lipinski definition) is 4. The van der Waals surface area contributed by atoms with Crippen LogP contribution in [0, 0.1) is 10.5 Å². The van der Waals surface area contributed by atoms with Crippen molar-refractivity contribution >= 4 is 34.4 Å². The molecular formula is C27H28IN3O2. The van der Waals surface area contributed by atoms with Gasteiger partial charge in [-0.3, -0.25) is 0 Å². The number of amides is 1. The van der Waals surface area contributed by atoms with Crippen LogP contribution < -0.4 is 10.6 Å². The largest absolute Gasteiger partial charge is 0.448 e. The van der Waals surface area contributed by atoms with Gasteiger partial charge in [0, 0.05) is 47.9 Å². The number of ether oxygens (including phenoxy) is 1. The minimum absolute atomic E-state index is 0.0892. The van der Waals surface area contributed by atoms with E-state index in [1.807, 2.05) is 4.90 Å². The van der Waals surface area contributed by atoms with E-state index < -0.39 is 0 Å². The molecule has 6 heteroatoms. The summed E-state index contributed by atoms with van der Waals surface area (Å²) in [4.78, 5) is 17.1. The molecule has 2 N–H and O–H groups in total. The predicted octanol–water partition coefficient (Wildman–Crippen LogP) is 5.13. The fourth-order valence-corrected chi connectivity index (χ4v) is 5.66. The minimum Gasteiger partial charge on any atom is -0.448 e. The Morgan fingerprint density at radius 1 is 1.00 bits per heavy atom. The third-order valence-electron chi connectivity index (χ3n) is 6.83. The smallest absolute Gasteiger partial charge is 0.409 e. The minimum atomic E-state index is -0.224. The van der Waals surface area contributed by atoms with Gasteiger partial charge >= 0.3 is 6.09 Å². The Labute approximate surface area is 208 Å². The van der Waals surface area contributed by atoms with Crippen molar-refractivity contribution in [2.75, 3.05) is 37.7 Å². The molecule has 5 rings (SSSR count). The molecule has 0 unspecified atom stereocenters. The van der Waals surface area contributed by atoms with Crippen LogP contribution in [-0.4, -0.2) is 43.8 Å². The van der Waals surface area contributed by atoms with E-state index in [0.717, 1.165) is 18.7 Å². The number of fused-ring (bicyclic) bond motifs is 3. The Bertz CT molecular complexity index is 1140. The zero-order chi connectivity index (χ0) is 22.9. The highest BCUT2D eigenvalue weighted by Gasteiger charge is 2.30. The van der Waals surface area contributed by atoms with E-state index in [1.165, 1.54) is 37.1 Å². The summed E-state index contributed by atoms with van der Waals surface area (Å²) in [5, 5.41) is 0. The van der Waals surface area contributed by atoms with E-state index in [4.69, 9.17) is 10.5 Å². The summed E-state index contributed by atoms with van der Waals surface area (Å²) in [7, 11) is 0. The second-order valence-corrected chi connectivity index (χ2v) is 9.87. The molecule has 3 aromatic carbocycles. The van der Waals surface area contributed by atoms with E-state index in [1.54, 1.807) is 0 Å². The van der Waals surface area contributed by atoms with Crippen LogP contribution in [0.5, 0.6) is 0 Å². The zero-order valence-electron chi connectivity index (χ0n) is 18.8. The summed E-state index contributed by atoms with van der Waals surface area (Å²) >= 11 is 2.37. The molecule has 0 spiro atoms. The average molecular weight is 553 g/mol. The Kier molecular flexibility index (Phi) is 6.29. The van der Waals surface area contributed by atoms with E-state index in [-0.39, 0.29) is 12.0 Å². The lowest BCUT2D eigenvalue weighted by atomic mass is 9.98. The molecule has 170 valence electrons. The maximum absolute atomic E-state index is 12.9. The monoisotopic (exact) mass is 553 g/mol. The van der Waals surface area contributed by atoms with Crippen molar-refractivity contribution in [3.8, 4) is 11.1 Å². The van der Waals surface area contributed by atoms with Crippen LogP contribution >= 0.6 is 22.6 Å². The zero-order valence-corrected chi connectivity index (χ0v) is 20.9. The first-order valence-corrected chi connectivity index (χ1v) is 12.5. The SMILES string of the molecule is Cc1c(I)cc(CN)cc1N1CCN(C(=O)OCC2c3ccccc3-c3ccccc32)CC1. The molecule has 5 nitrogen and oxygen atoms in total. The van der Waals surface area contributed by atoms with Gasteiger partial charge < -0.3 is 20.3 Å². The van der Waals surface area contributed by atoms with Crippen LogP contribution in [0.2, 0.25) is 0 Å². The Balaban J connectivity index is 1.23. The number of benzene rings is 3. The maximum atomic E-state index is 12.9. The van der Waals surface area contributed by atoms with Crippen LogP contribution in [0.25, 0.3) is 11.1 Å². The van der Waals surface area contributed by atoms with Crippen LogP contribution in [0.15, 0.2) is 60.7 Å². The van der Waals surface area contributed by atoms with E-state index in [2.05, 4.69) is 95.1 Å². The van der Waals surface area contributed by atoms with Gasteiger partial charge in [0.25, 0.3) is 0 Å². The van der Waals surface area contributed by atoms with E-state index in [0.29, 0.717) is 26.2 Å². The maximum Gasteiger partial charge on any atom is 0.409 e. The highest BCUT2D eigenvalue weighted by molar-refractivity contribution is 14.1. The van der Waals surface area contributed by atoms with Crippen molar-refractivity contribution in [2.45, 2.75) is 19.4 Å². The quantitative estimate of drug-likeness (QED) is 0.456. The van der Waals surface area contributed by atoms with Gasteiger partial charge in [0.1, 0.15) is 6.61 Å². The summed E-state index contributed by atoms with van der Waals surface area (Å²) in [5.41, 5.74) is 14.5. The molecule has 1 saturated heterocycles. The van der Waals surface area contributed by atoms with Gasteiger partial charge in [0.15, 0.2) is 0 Å². The topological polar surface area (TPSA) is 58.8 Å². The lowest BCUT2D eigenvalue weighted by Gasteiger charge is -2.36. The normalized spacial score (nSPS) is 15.4. The van der Waals surface area contributed by atoms with Crippen molar-refractivity contribution in [3.63, 3.8) is 0 Å². The lowest BCUT2D eigenvalue weighted by Crippen LogP contribution is -2.49. The molecule has 2 aliphatic rings. The fraction of sp³-hybridized carbons (Fsp3) is 0.296. The number of nitrogens with zero attached hydrogens (tertiary/aromatic N) is 2. The summed E-state index contributed by atoms with van der Waals surface area (Å²) < 4.78 is 7.08. The summed E-state index contributed by atoms with van der Waals surface area (Å²) in [5.74, 6) is 0.0892. The third-order valence-corrected chi connectivity index (χ3v) is 7.95. The van der Waals surface area contributed by atoms with Crippen molar-refractivity contribution in [2.24, 2.45) is 5.73 Å². The molecule has 1 heterocycles. The molecule has 33 heavy (non-hydrogen) atoms. The molecule has 1 aliphatic carbocycles. The number of nitrogens with two attached hydrogens (primary N) is 1. The Morgan fingerprint density at radius 3 is 2.21 bits per heavy atom. The van der Waals surface area contributed by atoms with Crippen molar-refractivity contribution in [1.29, 1.82) is 0 Å². The van der Waals surface area contributed by atoms with Gasteiger partial charge in [-0.1, -0.05) is 48.5 Å². The van der Waals surface area contributed by atoms with Crippen LogP contribution in [-0.2, 0) is 11.3 Å². The molecular weight excluding hydrogens is 525 g/mol. The second-order valence-electron chi connectivity index (χ2n) is 8.70. The number of carbonyl (C=O) groups is 1. The predicted molar refractivity (Wildman–Crippen MR) is 141 cm³/mol. The average Bonchev–Trinajstić information content (AvgIpc) is 3.18. The number of rotatable bonds is 4. The molecule has 1 aliphatic heterocycles. The number of piperazine rings is 1. The molecule has 1 fully saturated rings. The summed E-state index contributed by atoms with van der Waals surface area (Å²) in [6, 6.07) is 21.2. The van der Waals surface area contributed by atoms with Gasteiger partial charge in [-0.15, -0.1) is 0 Å². The highest BCUT2D eigenvalue weighted by atomic mass is 127. The first-order chi connectivity index (χ1) is 16.1. The first-order valence-electron chi connectivity index (χ1n) is 11.4. The van der Waals surface area contributed by atoms with Crippen molar-refractivity contribution in [1.82, 2.24) is 4.90 Å². The Morgan fingerprint density at radius 2 is 1.61 bits per heavy atom. The van der Waals surface area contributed by atoms with Crippen molar-refractivity contribution < 1.29 is 9.53 Å². The third kappa shape index (κ3) is 4.22.